The maximum Gasteiger partial charge on any atom is 0.251 e. The lowest BCUT2D eigenvalue weighted by atomic mass is 10.1. The molecule has 0 unspecified atom stereocenters. The third-order valence-electron chi connectivity index (χ3n) is 5.87. The Balaban J connectivity index is 1.34. The second-order valence-corrected chi connectivity index (χ2v) is 8.12. The van der Waals surface area contributed by atoms with Gasteiger partial charge in [-0.25, -0.2) is 9.07 Å². The van der Waals surface area contributed by atoms with Crippen LogP contribution in [0.3, 0.4) is 0 Å². The number of nitrogens with one attached hydrogen (secondary N) is 1. The van der Waals surface area contributed by atoms with Crippen LogP contribution in [0.1, 0.15) is 15.9 Å². The van der Waals surface area contributed by atoms with Gasteiger partial charge in [-0.05, 0) is 60.7 Å². The summed E-state index contributed by atoms with van der Waals surface area (Å²) in [7, 11) is 0. The number of carbonyl (C=O) groups excluding carboxylic acids is 1. The van der Waals surface area contributed by atoms with Gasteiger partial charge in [0.2, 0.25) is 0 Å². The minimum absolute atomic E-state index is 0.161. The van der Waals surface area contributed by atoms with Crippen LogP contribution in [0.2, 0.25) is 0 Å². The molecule has 4 aromatic rings. The molecule has 0 spiro atoms. The topological polar surface area (TPSA) is 59.4 Å². The van der Waals surface area contributed by atoms with Gasteiger partial charge in [0.05, 0.1) is 24.6 Å². The first-order valence-corrected chi connectivity index (χ1v) is 11.3. The average molecular weight is 457 g/mol. The predicted octanol–water partition coefficient (Wildman–Crippen LogP) is 4.45. The van der Waals surface area contributed by atoms with E-state index in [9.17, 15) is 9.18 Å². The van der Waals surface area contributed by atoms with E-state index in [1.165, 1.54) is 12.1 Å². The number of halogens is 1. The van der Waals surface area contributed by atoms with Gasteiger partial charge in [-0.2, -0.15) is 5.10 Å². The van der Waals surface area contributed by atoms with Gasteiger partial charge < -0.3 is 15.0 Å². The van der Waals surface area contributed by atoms with Gasteiger partial charge in [-0.1, -0.05) is 18.2 Å². The monoisotopic (exact) mass is 456 g/mol. The normalized spacial score (nSPS) is 13.6. The number of amides is 1. The Morgan fingerprint density at radius 1 is 0.912 bits per heavy atom. The smallest absolute Gasteiger partial charge is 0.251 e. The van der Waals surface area contributed by atoms with Gasteiger partial charge in [-0.15, -0.1) is 0 Å². The summed E-state index contributed by atoms with van der Waals surface area (Å²) in [5.41, 5.74) is 4.91. The molecule has 1 N–H and O–H groups in total. The molecule has 34 heavy (non-hydrogen) atoms. The third kappa shape index (κ3) is 4.84. The number of hydrogen-bond donors (Lipinski definition) is 1. The van der Waals surface area contributed by atoms with Crippen LogP contribution in [0.25, 0.3) is 16.9 Å². The Morgan fingerprint density at radius 3 is 2.32 bits per heavy atom. The van der Waals surface area contributed by atoms with Crippen molar-refractivity contribution in [3.05, 3.63) is 102 Å². The van der Waals surface area contributed by atoms with Crippen LogP contribution in [-0.4, -0.2) is 42.0 Å². The molecule has 5 rings (SSSR count). The van der Waals surface area contributed by atoms with Gasteiger partial charge in [0.1, 0.15) is 5.82 Å². The number of morpholine rings is 1. The molecule has 172 valence electrons. The van der Waals surface area contributed by atoms with E-state index in [4.69, 9.17) is 9.84 Å². The highest BCUT2D eigenvalue weighted by atomic mass is 19.1. The number of aromatic nitrogens is 2. The van der Waals surface area contributed by atoms with Crippen molar-refractivity contribution in [3.63, 3.8) is 0 Å². The molecular formula is C27H25FN4O2. The van der Waals surface area contributed by atoms with Gasteiger partial charge >= 0.3 is 0 Å². The van der Waals surface area contributed by atoms with Crippen LogP contribution in [0.15, 0.2) is 85.1 Å². The van der Waals surface area contributed by atoms with Crippen molar-refractivity contribution in [2.45, 2.75) is 6.54 Å². The summed E-state index contributed by atoms with van der Waals surface area (Å²) < 4.78 is 20.6. The van der Waals surface area contributed by atoms with Crippen LogP contribution in [-0.2, 0) is 11.3 Å². The van der Waals surface area contributed by atoms with Crippen LogP contribution in [0.5, 0.6) is 0 Å². The van der Waals surface area contributed by atoms with E-state index in [0.717, 1.165) is 48.8 Å². The molecule has 0 saturated carbocycles. The SMILES string of the molecule is O=C(NCc1cn(-c2ccccc2)nc1-c1ccc(F)cc1)c1ccc(N2CCOCC2)cc1. The zero-order chi connectivity index (χ0) is 23.3. The largest absolute Gasteiger partial charge is 0.378 e. The standard InChI is InChI=1S/C27H25FN4O2/c28-23-10-6-20(7-11-23)26-22(19-32(30-26)25-4-2-1-3-5-25)18-29-27(33)21-8-12-24(13-9-21)31-14-16-34-17-15-31/h1-13,19H,14-18H2,(H,29,33). The van der Waals surface area contributed by atoms with Gasteiger partial charge in [0, 0.05) is 48.2 Å². The molecule has 6 nitrogen and oxygen atoms in total. The lowest BCUT2D eigenvalue weighted by Gasteiger charge is -2.28. The zero-order valence-corrected chi connectivity index (χ0v) is 18.7. The van der Waals surface area contributed by atoms with E-state index < -0.39 is 0 Å². The first kappa shape index (κ1) is 21.9. The first-order chi connectivity index (χ1) is 16.7. The minimum Gasteiger partial charge on any atom is -0.378 e. The molecule has 0 bridgehead atoms. The predicted molar refractivity (Wildman–Crippen MR) is 130 cm³/mol. The van der Waals surface area contributed by atoms with Crippen molar-refractivity contribution in [1.82, 2.24) is 15.1 Å². The van der Waals surface area contributed by atoms with Gasteiger partial charge in [0.25, 0.3) is 5.91 Å². The second kappa shape index (κ2) is 9.89. The number of rotatable bonds is 6. The molecule has 1 aliphatic heterocycles. The molecule has 7 heteroatoms. The van der Waals surface area contributed by atoms with E-state index >= 15 is 0 Å². The summed E-state index contributed by atoms with van der Waals surface area (Å²) in [6, 6.07) is 23.6. The number of benzene rings is 3. The van der Waals surface area contributed by atoms with Gasteiger partial charge in [-0.3, -0.25) is 4.79 Å². The minimum atomic E-state index is -0.304. The van der Waals surface area contributed by atoms with E-state index in [0.29, 0.717) is 17.8 Å². The molecule has 1 fully saturated rings. The molecule has 3 aromatic carbocycles. The Hall–Kier alpha value is -3.97. The van der Waals surface area contributed by atoms with Crippen LogP contribution < -0.4 is 10.2 Å². The number of anilines is 1. The van der Waals surface area contributed by atoms with Crippen molar-refractivity contribution >= 4 is 11.6 Å². The summed E-state index contributed by atoms with van der Waals surface area (Å²) >= 11 is 0. The molecule has 0 aliphatic carbocycles. The van der Waals surface area contributed by atoms with E-state index in [1.807, 2.05) is 60.8 Å². The second-order valence-electron chi connectivity index (χ2n) is 8.12. The van der Waals surface area contributed by atoms with Crippen molar-refractivity contribution in [1.29, 1.82) is 0 Å². The third-order valence-corrected chi connectivity index (χ3v) is 5.87. The lowest BCUT2D eigenvalue weighted by molar-refractivity contribution is 0.0951. The molecule has 1 saturated heterocycles. The summed E-state index contributed by atoms with van der Waals surface area (Å²) in [5, 5.41) is 7.72. The molecule has 0 radical (unpaired) electrons. The van der Waals surface area contributed by atoms with Crippen LogP contribution in [0.4, 0.5) is 10.1 Å². The molecule has 1 aliphatic rings. The lowest BCUT2D eigenvalue weighted by Crippen LogP contribution is -2.36. The Kier molecular flexibility index (Phi) is 6.35. The highest BCUT2D eigenvalue weighted by molar-refractivity contribution is 5.94. The van der Waals surface area contributed by atoms with E-state index in [1.54, 1.807) is 16.8 Å². The van der Waals surface area contributed by atoms with Crippen LogP contribution in [0, 0.1) is 5.82 Å². The van der Waals surface area contributed by atoms with Crippen molar-refractivity contribution < 1.29 is 13.9 Å². The van der Waals surface area contributed by atoms with Gasteiger partial charge in [0.15, 0.2) is 0 Å². The number of carbonyl (C=O) groups is 1. The van der Waals surface area contributed by atoms with Crippen LogP contribution >= 0.6 is 0 Å². The highest BCUT2D eigenvalue weighted by Crippen LogP contribution is 2.24. The summed E-state index contributed by atoms with van der Waals surface area (Å²) in [5.74, 6) is -0.465. The molecule has 2 heterocycles. The quantitative estimate of drug-likeness (QED) is 0.466. The number of ether oxygens (including phenoxy) is 1. The van der Waals surface area contributed by atoms with Crippen molar-refractivity contribution in [3.8, 4) is 16.9 Å². The van der Waals surface area contributed by atoms with Crippen molar-refractivity contribution in [2.75, 3.05) is 31.2 Å². The van der Waals surface area contributed by atoms with E-state index in [2.05, 4.69) is 10.2 Å². The van der Waals surface area contributed by atoms with E-state index in [-0.39, 0.29) is 11.7 Å². The fourth-order valence-corrected chi connectivity index (χ4v) is 4.03. The Morgan fingerprint density at radius 2 is 1.62 bits per heavy atom. The molecule has 0 atom stereocenters. The summed E-state index contributed by atoms with van der Waals surface area (Å²) in [4.78, 5) is 15.1. The number of hydrogen-bond acceptors (Lipinski definition) is 4. The Bertz CT molecular complexity index is 1250. The highest BCUT2D eigenvalue weighted by Gasteiger charge is 2.15. The first-order valence-electron chi connectivity index (χ1n) is 11.3. The molecular weight excluding hydrogens is 431 g/mol. The fourth-order valence-electron chi connectivity index (χ4n) is 4.03. The maximum absolute atomic E-state index is 13.5. The summed E-state index contributed by atoms with van der Waals surface area (Å²) in [6.07, 6.45) is 1.90. The zero-order valence-electron chi connectivity index (χ0n) is 18.7. The number of para-hydroxylation sites is 1. The summed E-state index contributed by atoms with van der Waals surface area (Å²) in [6.45, 7) is 3.43. The number of nitrogens with zero attached hydrogens (tertiary/aromatic N) is 3. The molecule has 1 aromatic heterocycles. The Labute approximate surface area is 197 Å². The maximum atomic E-state index is 13.5. The molecule has 1 amide bonds. The average Bonchev–Trinajstić information content (AvgIpc) is 3.33. The van der Waals surface area contributed by atoms with Crippen molar-refractivity contribution in [2.24, 2.45) is 0 Å². The fraction of sp³-hybridized carbons (Fsp3) is 0.185.